The SMILES string of the molecule is CCC1(CC)CN(CCOC(C)C)C(C)(CC)CN1. The zero-order chi connectivity index (χ0) is 14.5. The molecule has 3 heteroatoms. The maximum Gasteiger partial charge on any atom is 0.0597 e. The van der Waals surface area contributed by atoms with E-state index in [-0.39, 0.29) is 5.54 Å². The molecule has 114 valence electrons. The first-order valence-electron chi connectivity index (χ1n) is 8.03. The fourth-order valence-corrected chi connectivity index (χ4v) is 2.92. The summed E-state index contributed by atoms with van der Waals surface area (Å²) in [5, 5.41) is 3.82. The Morgan fingerprint density at radius 3 is 2.26 bits per heavy atom. The second kappa shape index (κ2) is 7.05. The highest BCUT2D eigenvalue weighted by Crippen LogP contribution is 2.30. The van der Waals surface area contributed by atoms with Gasteiger partial charge in [-0.1, -0.05) is 20.8 Å². The minimum Gasteiger partial charge on any atom is -0.377 e. The third-order valence-corrected chi connectivity index (χ3v) is 5.03. The van der Waals surface area contributed by atoms with Crippen LogP contribution in [0.5, 0.6) is 0 Å². The Morgan fingerprint density at radius 1 is 1.16 bits per heavy atom. The maximum atomic E-state index is 5.76. The highest BCUT2D eigenvalue weighted by atomic mass is 16.5. The van der Waals surface area contributed by atoms with Crippen molar-refractivity contribution in [3.05, 3.63) is 0 Å². The van der Waals surface area contributed by atoms with Gasteiger partial charge in [0, 0.05) is 30.7 Å². The molecule has 1 rings (SSSR count). The lowest BCUT2D eigenvalue weighted by molar-refractivity contribution is -0.0208. The standard InChI is InChI=1S/C16H34N2O/c1-7-15(6)12-17-16(8-2,9-3)13-18(15)10-11-19-14(4)5/h14,17H,7-13H2,1-6H3. The fourth-order valence-electron chi connectivity index (χ4n) is 2.92. The minimum atomic E-state index is 0.272. The molecular weight excluding hydrogens is 236 g/mol. The van der Waals surface area contributed by atoms with Crippen LogP contribution in [0, 0.1) is 0 Å². The van der Waals surface area contributed by atoms with Crippen LogP contribution in [-0.4, -0.2) is 48.3 Å². The quantitative estimate of drug-likeness (QED) is 0.769. The minimum absolute atomic E-state index is 0.272. The second-order valence-corrected chi connectivity index (χ2v) is 6.53. The Hall–Kier alpha value is -0.120. The molecule has 19 heavy (non-hydrogen) atoms. The van der Waals surface area contributed by atoms with E-state index >= 15 is 0 Å². The van der Waals surface area contributed by atoms with E-state index in [0.29, 0.717) is 11.6 Å². The van der Waals surface area contributed by atoms with Crippen LogP contribution < -0.4 is 5.32 Å². The number of ether oxygens (including phenoxy) is 1. The molecule has 0 spiro atoms. The number of nitrogens with one attached hydrogen (secondary N) is 1. The summed E-state index contributed by atoms with van der Waals surface area (Å²) >= 11 is 0. The van der Waals surface area contributed by atoms with Crippen molar-refractivity contribution < 1.29 is 4.74 Å². The Kier molecular flexibility index (Phi) is 6.28. The maximum absolute atomic E-state index is 5.76. The van der Waals surface area contributed by atoms with Crippen molar-refractivity contribution in [3.8, 4) is 0 Å². The van der Waals surface area contributed by atoms with E-state index in [1.54, 1.807) is 0 Å². The first-order valence-corrected chi connectivity index (χ1v) is 8.03. The summed E-state index contributed by atoms with van der Waals surface area (Å²) in [6.45, 7) is 17.6. The van der Waals surface area contributed by atoms with Crippen LogP contribution in [0.2, 0.25) is 0 Å². The number of hydrogen-bond acceptors (Lipinski definition) is 3. The summed E-state index contributed by atoms with van der Waals surface area (Å²) < 4.78 is 5.76. The lowest BCUT2D eigenvalue weighted by atomic mass is 9.83. The molecule has 0 amide bonds. The van der Waals surface area contributed by atoms with Crippen molar-refractivity contribution in [1.29, 1.82) is 0 Å². The van der Waals surface area contributed by atoms with Crippen molar-refractivity contribution in [1.82, 2.24) is 10.2 Å². The molecule has 1 heterocycles. The molecule has 1 saturated heterocycles. The first kappa shape index (κ1) is 16.9. The van der Waals surface area contributed by atoms with Gasteiger partial charge in [-0.2, -0.15) is 0 Å². The van der Waals surface area contributed by atoms with Crippen LogP contribution in [0.1, 0.15) is 60.8 Å². The molecule has 0 saturated carbocycles. The van der Waals surface area contributed by atoms with Gasteiger partial charge in [0.2, 0.25) is 0 Å². The second-order valence-electron chi connectivity index (χ2n) is 6.53. The number of hydrogen-bond donors (Lipinski definition) is 1. The predicted octanol–water partition coefficient (Wildman–Crippen LogP) is 3.04. The van der Waals surface area contributed by atoms with Gasteiger partial charge in [0.15, 0.2) is 0 Å². The van der Waals surface area contributed by atoms with Gasteiger partial charge in [0.05, 0.1) is 12.7 Å². The highest BCUT2D eigenvalue weighted by Gasteiger charge is 2.42. The molecule has 3 nitrogen and oxygen atoms in total. The van der Waals surface area contributed by atoms with E-state index in [4.69, 9.17) is 4.74 Å². The summed E-state index contributed by atoms with van der Waals surface area (Å²) in [6, 6.07) is 0. The van der Waals surface area contributed by atoms with Crippen molar-refractivity contribution in [2.45, 2.75) is 78.0 Å². The Balaban J connectivity index is 2.68. The molecule has 0 aliphatic carbocycles. The molecule has 0 bridgehead atoms. The van der Waals surface area contributed by atoms with E-state index < -0.39 is 0 Å². The third kappa shape index (κ3) is 4.17. The molecule has 0 aromatic rings. The van der Waals surface area contributed by atoms with Crippen molar-refractivity contribution >= 4 is 0 Å². The average molecular weight is 270 g/mol. The summed E-state index contributed by atoms with van der Waals surface area (Å²) in [5.41, 5.74) is 0.570. The van der Waals surface area contributed by atoms with E-state index in [1.807, 2.05) is 0 Å². The highest BCUT2D eigenvalue weighted by molar-refractivity contribution is 5.02. The largest absolute Gasteiger partial charge is 0.377 e. The molecule has 1 unspecified atom stereocenters. The number of nitrogens with zero attached hydrogens (tertiary/aromatic N) is 1. The number of rotatable bonds is 7. The zero-order valence-electron chi connectivity index (χ0n) is 13.9. The number of piperazine rings is 1. The Labute approximate surface area is 120 Å². The molecule has 1 N–H and O–H groups in total. The van der Waals surface area contributed by atoms with Crippen LogP contribution in [0.4, 0.5) is 0 Å². The molecule has 1 atom stereocenters. The Morgan fingerprint density at radius 2 is 1.79 bits per heavy atom. The summed E-state index contributed by atoms with van der Waals surface area (Å²) in [7, 11) is 0. The molecule has 0 radical (unpaired) electrons. The first-order chi connectivity index (χ1) is 8.91. The van der Waals surface area contributed by atoms with Gasteiger partial charge in [0.25, 0.3) is 0 Å². The smallest absolute Gasteiger partial charge is 0.0597 e. The van der Waals surface area contributed by atoms with Crippen molar-refractivity contribution in [3.63, 3.8) is 0 Å². The molecular formula is C16H34N2O. The zero-order valence-corrected chi connectivity index (χ0v) is 13.9. The average Bonchev–Trinajstić information content (AvgIpc) is 2.41. The summed E-state index contributed by atoms with van der Waals surface area (Å²) in [4.78, 5) is 2.65. The van der Waals surface area contributed by atoms with E-state index in [1.165, 1.54) is 19.3 Å². The van der Waals surface area contributed by atoms with Crippen LogP contribution >= 0.6 is 0 Å². The predicted molar refractivity (Wildman–Crippen MR) is 82.7 cm³/mol. The van der Waals surface area contributed by atoms with Gasteiger partial charge < -0.3 is 10.1 Å². The third-order valence-electron chi connectivity index (χ3n) is 5.03. The van der Waals surface area contributed by atoms with Crippen LogP contribution in [0.25, 0.3) is 0 Å². The van der Waals surface area contributed by atoms with Crippen molar-refractivity contribution in [2.75, 3.05) is 26.2 Å². The van der Waals surface area contributed by atoms with Gasteiger partial charge in [-0.3, -0.25) is 4.90 Å². The van der Waals surface area contributed by atoms with Crippen LogP contribution in [0.15, 0.2) is 0 Å². The van der Waals surface area contributed by atoms with E-state index in [9.17, 15) is 0 Å². The molecule has 1 aliphatic heterocycles. The molecule has 0 aromatic carbocycles. The van der Waals surface area contributed by atoms with Crippen LogP contribution in [-0.2, 0) is 4.74 Å². The Bertz CT molecular complexity index is 263. The molecule has 1 aliphatic rings. The van der Waals surface area contributed by atoms with Gasteiger partial charge in [-0.05, 0) is 40.0 Å². The monoisotopic (exact) mass is 270 g/mol. The topological polar surface area (TPSA) is 24.5 Å². The van der Waals surface area contributed by atoms with E-state index in [2.05, 4.69) is 51.8 Å². The van der Waals surface area contributed by atoms with E-state index in [0.717, 1.165) is 26.2 Å². The van der Waals surface area contributed by atoms with Gasteiger partial charge in [-0.25, -0.2) is 0 Å². The lowest BCUT2D eigenvalue weighted by Crippen LogP contribution is -2.69. The van der Waals surface area contributed by atoms with Crippen molar-refractivity contribution in [2.24, 2.45) is 0 Å². The lowest BCUT2D eigenvalue weighted by Gasteiger charge is -2.53. The fraction of sp³-hybridized carbons (Fsp3) is 1.00. The van der Waals surface area contributed by atoms with Gasteiger partial charge in [-0.15, -0.1) is 0 Å². The normalized spacial score (nSPS) is 27.9. The molecule has 1 fully saturated rings. The van der Waals surface area contributed by atoms with Gasteiger partial charge >= 0.3 is 0 Å². The summed E-state index contributed by atoms with van der Waals surface area (Å²) in [6.07, 6.45) is 3.92. The van der Waals surface area contributed by atoms with Gasteiger partial charge in [0.1, 0.15) is 0 Å². The summed E-state index contributed by atoms with van der Waals surface area (Å²) in [5.74, 6) is 0. The molecule has 0 aromatic heterocycles. The van der Waals surface area contributed by atoms with Crippen LogP contribution in [0.3, 0.4) is 0 Å².